The molecule has 3 heterocycles. The van der Waals surface area contributed by atoms with Crippen molar-refractivity contribution in [1.82, 2.24) is 44.8 Å². The van der Waals surface area contributed by atoms with E-state index in [1.165, 1.54) is 35.1 Å². The number of nitrogens with two attached hydrogens (primary N) is 1. The fourth-order valence-corrected chi connectivity index (χ4v) is 1.57. The van der Waals surface area contributed by atoms with Crippen LogP contribution in [0.3, 0.4) is 0 Å². The number of nitrogens with one attached hydrogen (secondary N) is 1. The van der Waals surface area contributed by atoms with E-state index >= 15 is 0 Å². The van der Waals surface area contributed by atoms with Gasteiger partial charge in [0.1, 0.15) is 12.7 Å². The summed E-state index contributed by atoms with van der Waals surface area (Å²) in [6, 6.07) is 1.54. The SMILES string of the molecule is CNC(=O)c1ccn(-c2nc(N)nc(-n3cncn3)n2)n1. The van der Waals surface area contributed by atoms with E-state index in [2.05, 4.69) is 35.5 Å². The Labute approximate surface area is 117 Å². The Hall–Kier alpha value is -3.37. The van der Waals surface area contributed by atoms with Crippen molar-refractivity contribution in [1.29, 1.82) is 0 Å². The topological polar surface area (TPSA) is 142 Å². The third kappa shape index (κ3) is 2.39. The van der Waals surface area contributed by atoms with Gasteiger partial charge in [-0.25, -0.2) is 9.67 Å². The second-order valence-corrected chi connectivity index (χ2v) is 3.86. The predicted molar refractivity (Wildman–Crippen MR) is 69.7 cm³/mol. The fourth-order valence-electron chi connectivity index (χ4n) is 1.57. The summed E-state index contributed by atoms with van der Waals surface area (Å²) in [5.74, 6) is 0.0601. The lowest BCUT2D eigenvalue weighted by atomic mass is 10.4. The van der Waals surface area contributed by atoms with E-state index in [0.717, 1.165) is 0 Å². The molecule has 3 rings (SSSR count). The molecule has 0 bridgehead atoms. The lowest BCUT2D eigenvalue weighted by Gasteiger charge is -2.03. The molecule has 0 atom stereocenters. The monoisotopic (exact) mass is 286 g/mol. The van der Waals surface area contributed by atoms with E-state index in [-0.39, 0.29) is 29.4 Å². The normalized spacial score (nSPS) is 10.5. The Morgan fingerprint density at radius 1 is 1.24 bits per heavy atom. The summed E-state index contributed by atoms with van der Waals surface area (Å²) in [6.45, 7) is 0. The van der Waals surface area contributed by atoms with Crippen LogP contribution in [0.2, 0.25) is 0 Å². The maximum absolute atomic E-state index is 11.5. The third-order valence-corrected chi connectivity index (χ3v) is 2.51. The number of aromatic nitrogens is 8. The molecule has 0 aliphatic carbocycles. The number of nitrogen functional groups attached to an aromatic ring is 1. The minimum Gasteiger partial charge on any atom is -0.368 e. The van der Waals surface area contributed by atoms with Crippen LogP contribution >= 0.6 is 0 Å². The van der Waals surface area contributed by atoms with Gasteiger partial charge in [-0.05, 0) is 6.07 Å². The Morgan fingerprint density at radius 2 is 2.00 bits per heavy atom. The third-order valence-electron chi connectivity index (χ3n) is 2.51. The van der Waals surface area contributed by atoms with Crippen LogP contribution in [0.5, 0.6) is 0 Å². The summed E-state index contributed by atoms with van der Waals surface area (Å²) in [7, 11) is 1.52. The number of anilines is 1. The second-order valence-electron chi connectivity index (χ2n) is 3.86. The zero-order chi connectivity index (χ0) is 14.8. The highest BCUT2D eigenvalue weighted by Gasteiger charge is 2.12. The molecule has 0 spiro atoms. The zero-order valence-corrected chi connectivity index (χ0v) is 10.9. The summed E-state index contributed by atoms with van der Waals surface area (Å²) in [5, 5.41) is 10.5. The minimum atomic E-state index is -0.313. The summed E-state index contributed by atoms with van der Waals surface area (Å²) in [5.41, 5.74) is 5.89. The summed E-state index contributed by atoms with van der Waals surface area (Å²) in [4.78, 5) is 27.4. The van der Waals surface area contributed by atoms with Crippen LogP contribution < -0.4 is 11.1 Å². The highest BCUT2D eigenvalue weighted by atomic mass is 16.1. The van der Waals surface area contributed by atoms with E-state index in [1.807, 2.05) is 0 Å². The molecule has 0 aliphatic rings. The molecular weight excluding hydrogens is 276 g/mol. The lowest BCUT2D eigenvalue weighted by molar-refractivity contribution is 0.0957. The van der Waals surface area contributed by atoms with Crippen LogP contribution in [-0.4, -0.2) is 52.5 Å². The van der Waals surface area contributed by atoms with Crippen LogP contribution in [-0.2, 0) is 0 Å². The van der Waals surface area contributed by atoms with Crippen LogP contribution in [0.1, 0.15) is 10.5 Å². The standard InChI is InChI=1S/C10H10N10O/c1-12-7(21)6-2-3-19(18-6)9-15-8(11)16-10(17-9)20-5-13-4-14-20/h2-5H,1H3,(H,12,21)(H2,11,15,16,17). The Balaban J connectivity index is 2.02. The maximum atomic E-state index is 11.5. The van der Waals surface area contributed by atoms with Crippen LogP contribution in [0.4, 0.5) is 5.95 Å². The molecule has 3 aromatic heterocycles. The molecule has 3 aromatic rings. The van der Waals surface area contributed by atoms with E-state index in [4.69, 9.17) is 5.73 Å². The molecule has 3 N–H and O–H groups in total. The molecule has 11 nitrogen and oxygen atoms in total. The Bertz CT molecular complexity index is 777. The molecule has 21 heavy (non-hydrogen) atoms. The number of hydrogen-bond donors (Lipinski definition) is 2. The number of carbonyl (C=O) groups excluding carboxylic acids is 1. The van der Waals surface area contributed by atoms with Crippen LogP contribution in [0.25, 0.3) is 11.9 Å². The van der Waals surface area contributed by atoms with Crippen molar-refractivity contribution in [2.45, 2.75) is 0 Å². The van der Waals surface area contributed by atoms with Gasteiger partial charge in [0, 0.05) is 13.2 Å². The highest BCUT2D eigenvalue weighted by molar-refractivity contribution is 5.91. The van der Waals surface area contributed by atoms with Gasteiger partial charge in [-0.3, -0.25) is 4.79 Å². The van der Waals surface area contributed by atoms with E-state index in [1.54, 1.807) is 6.20 Å². The Morgan fingerprint density at radius 3 is 2.67 bits per heavy atom. The van der Waals surface area contributed by atoms with Gasteiger partial charge in [0.2, 0.25) is 5.95 Å². The first-order chi connectivity index (χ1) is 10.2. The van der Waals surface area contributed by atoms with Gasteiger partial charge in [-0.15, -0.1) is 0 Å². The van der Waals surface area contributed by atoms with Gasteiger partial charge < -0.3 is 11.1 Å². The first-order valence-electron chi connectivity index (χ1n) is 5.82. The number of nitrogens with zero attached hydrogens (tertiary/aromatic N) is 8. The van der Waals surface area contributed by atoms with Crippen LogP contribution in [0.15, 0.2) is 24.9 Å². The number of rotatable bonds is 3. The molecule has 0 radical (unpaired) electrons. The summed E-state index contributed by atoms with van der Waals surface area (Å²) in [6.07, 6.45) is 4.32. The molecule has 0 aromatic carbocycles. The van der Waals surface area contributed by atoms with Crippen molar-refractivity contribution < 1.29 is 4.79 Å². The van der Waals surface area contributed by atoms with Gasteiger partial charge in [0.05, 0.1) is 0 Å². The molecule has 0 fully saturated rings. The smallest absolute Gasteiger partial charge is 0.271 e. The maximum Gasteiger partial charge on any atom is 0.271 e. The van der Waals surface area contributed by atoms with Gasteiger partial charge in [0.25, 0.3) is 17.8 Å². The van der Waals surface area contributed by atoms with Gasteiger partial charge in [-0.2, -0.15) is 29.8 Å². The Kier molecular flexibility index (Phi) is 2.99. The molecule has 0 aliphatic heterocycles. The molecular formula is C10H10N10O. The van der Waals surface area contributed by atoms with Crippen molar-refractivity contribution in [3.63, 3.8) is 0 Å². The molecule has 11 heteroatoms. The number of carbonyl (C=O) groups is 1. The molecule has 1 amide bonds. The van der Waals surface area contributed by atoms with Crippen molar-refractivity contribution in [2.24, 2.45) is 0 Å². The van der Waals surface area contributed by atoms with E-state index in [0.29, 0.717) is 0 Å². The van der Waals surface area contributed by atoms with Crippen molar-refractivity contribution >= 4 is 11.9 Å². The van der Waals surface area contributed by atoms with Crippen LogP contribution in [0, 0.1) is 0 Å². The number of amides is 1. The molecule has 0 unspecified atom stereocenters. The zero-order valence-electron chi connectivity index (χ0n) is 10.9. The first kappa shape index (κ1) is 12.7. The first-order valence-corrected chi connectivity index (χ1v) is 5.82. The average molecular weight is 286 g/mol. The molecule has 0 saturated carbocycles. The summed E-state index contributed by atoms with van der Waals surface area (Å²) >= 11 is 0. The van der Waals surface area contributed by atoms with Gasteiger partial charge in [-0.1, -0.05) is 0 Å². The van der Waals surface area contributed by atoms with E-state index < -0.39 is 0 Å². The summed E-state index contributed by atoms with van der Waals surface area (Å²) < 4.78 is 2.66. The minimum absolute atomic E-state index is 0.00231. The highest BCUT2D eigenvalue weighted by Crippen LogP contribution is 2.06. The van der Waals surface area contributed by atoms with Gasteiger partial charge >= 0.3 is 0 Å². The molecule has 0 saturated heterocycles. The largest absolute Gasteiger partial charge is 0.368 e. The second kappa shape index (κ2) is 4.96. The number of hydrogen-bond acceptors (Lipinski definition) is 8. The molecule has 106 valence electrons. The van der Waals surface area contributed by atoms with Crippen molar-refractivity contribution in [3.8, 4) is 11.9 Å². The van der Waals surface area contributed by atoms with Crippen molar-refractivity contribution in [2.75, 3.05) is 12.8 Å². The lowest BCUT2D eigenvalue weighted by Crippen LogP contribution is -2.19. The average Bonchev–Trinajstić information content (AvgIpc) is 3.17. The van der Waals surface area contributed by atoms with Crippen molar-refractivity contribution in [3.05, 3.63) is 30.6 Å². The quantitative estimate of drug-likeness (QED) is 0.597. The van der Waals surface area contributed by atoms with Gasteiger partial charge in [0.15, 0.2) is 5.69 Å². The fraction of sp³-hybridized carbons (Fsp3) is 0.100. The predicted octanol–water partition coefficient (Wildman–Crippen LogP) is -1.42. The van der Waals surface area contributed by atoms with E-state index in [9.17, 15) is 4.79 Å².